The second-order valence-corrected chi connectivity index (χ2v) is 6.54. The fourth-order valence-electron chi connectivity index (χ4n) is 4.09. The van der Waals surface area contributed by atoms with Gasteiger partial charge in [0.05, 0.1) is 4.92 Å². The van der Waals surface area contributed by atoms with Gasteiger partial charge in [0.1, 0.15) is 0 Å². The summed E-state index contributed by atoms with van der Waals surface area (Å²) in [6, 6.07) is 9.05. The molecule has 5 rings (SSSR count). The van der Waals surface area contributed by atoms with E-state index in [1.54, 1.807) is 12.1 Å². The Morgan fingerprint density at radius 1 is 1.05 bits per heavy atom. The lowest BCUT2D eigenvalue weighted by atomic mass is 9.83. The number of nitrogens with zero attached hydrogens (tertiary/aromatic N) is 4. The first-order valence-electron chi connectivity index (χ1n) is 7.57. The summed E-state index contributed by atoms with van der Waals surface area (Å²) in [4.78, 5) is 17.8. The van der Waals surface area contributed by atoms with E-state index in [4.69, 9.17) is 0 Å². The zero-order valence-electron chi connectivity index (χ0n) is 12.2. The highest BCUT2D eigenvalue weighted by atomic mass is 16.6. The Bertz CT molecular complexity index is 543. The molecular formula is C15H20N4O2. The second kappa shape index (κ2) is 4.68. The average molecular weight is 288 g/mol. The molecule has 0 N–H and O–H groups in total. The van der Waals surface area contributed by atoms with Gasteiger partial charge in [-0.2, -0.15) is 0 Å². The van der Waals surface area contributed by atoms with Gasteiger partial charge < -0.3 is 9.80 Å². The zero-order valence-corrected chi connectivity index (χ0v) is 12.2. The molecule has 21 heavy (non-hydrogen) atoms. The smallest absolute Gasteiger partial charge is 0.269 e. The van der Waals surface area contributed by atoms with E-state index in [0.29, 0.717) is 12.1 Å². The van der Waals surface area contributed by atoms with Crippen LogP contribution in [-0.4, -0.2) is 66.1 Å². The van der Waals surface area contributed by atoms with Crippen LogP contribution in [0.1, 0.15) is 6.42 Å². The standard InChI is InChI=1S/C15H20N4O2/c1-16-7-15(8-16)18-13-6-14(18)10-17(9-13)11-2-4-12(5-3-11)19(20)21/h2-5,13-15H,6-10H2,1H3. The highest BCUT2D eigenvalue weighted by molar-refractivity contribution is 5.52. The first-order valence-corrected chi connectivity index (χ1v) is 7.57. The Morgan fingerprint density at radius 3 is 2.19 bits per heavy atom. The molecule has 4 aliphatic rings. The van der Waals surface area contributed by atoms with Gasteiger partial charge in [-0.05, 0) is 25.6 Å². The van der Waals surface area contributed by atoms with Crippen LogP contribution in [0.3, 0.4) is 0 Å². The number of nitro groups is 1. The molecule has 4 heterocycles. The molecule has 0 saturated carbocycles. The second-order valence-electron chi connectivity index (χ2n) is 6.54. The Labute approximate surface area is 124 Å². The van der Waals surface area contributed by atoms with Crippen LogP contribution in [0.5, 0.6) is 0 Å². The highest BCUT2D eigenvalue weighted by Gasteiger charge is 2.49. The topological polar surface area (TPSA) is 52.9 Å². The third-order valence-electron chi connectivity index (χ3n) is 5.14. The van der Waals surface area contributed by atoms with Gasteiger partial charge in [0, 0.05) is 62.1 Å². The van der Waals surface area contributed by atoms with Crippen molar-refractivity contribution in [2.45, 2.75) is 24.5 Å². The first-order chi connectivity index (χ1) is 10.1. The number of piperidine rings is 1. The van der Waals surface area contributed by atoms with E-state index in [1.165, 1.54) is 19.5 Å². The zero-order chi connectivity index (χ0) is 14.6. The number of nitro benzene ring substituents is 1. The van der Waals surface area contributed by atoms with E-state index >= 15 is 0 Å². The summed E-state index contributed by atoms with van der Waals surface area (Å²) in [7, 11) is 2.18. The number of hydrogen-bond acceptors (Lipinski definition) is 5. The molecule has 0 aromatic heterocycles. The lowest BCUT2D eigenvalue weighted by molar-refractivity contribution is -0.384. The van der Waals surface area contributed by atoms with Crippen LogP contribution in [0.4, 0.5) is 11.4 Å². The van der Waals surface area contributed by atoms with Crippen LogP contribution in [0, 0.1) is 10.1 Å². The van der Waals surface area contributed by atoms with Gasteiger partial charge in [0.15, 0.2) is 0 Å². The fourth-order valence-corrected chi connectivity index (χ4v) is 4.09. The maximum absolute atomic E-state index is 10.7. The molecule has 1 aromatic carbocycles. The number of benzene rings is 1. The van der Waals surface area contributed by atoms with Gasteiger partial charge in [-0.1, -0.05) is 0 Å². The van der Waals surface area contributed by atoms with E-state index in [9.17, 15) is 10.1 Å². The van der Waals surface area contributed by atoms with Gasteiger partial charge in [-0.15, -0.1) is 0 Å². The molecule has 112 valence electrons. The molecule has 6 heteroatoms. The van der Waals surface area contributed by atoms with E-state index in [-0.39, 0.29) is 10.6 Å². The number of anilines is 1. The van der Waals surface area contributed by atoms with E-state index < -0.39 is 0 Å². The van der Waals surface area contributed by atoms with E-state index in [2.05, 4.69) is 21.7 Å². The van der Waals surface area contributed by atoms with Crippen molar-refractivity contribution >= 4 is 11.4 Å². The Morgan fingerprint density at radius 2 is 1.67 bits per heavy atom. The molecule has 0 aliphatic carbocycles. The normalized spacial score (nSPS) is 29.9. The molecular weight excluding hydrogens is 268 g/mol. The van der Waals surface area contributed by atoms with Gasteiger partial charge in [-0.25, -0.2) is 0 Å². The number of non-ortho nitro benzene ring substituents is 1. The van der Waals surface area contributed by atoms with Gasteiger partial charge in [0.25, 0.3) is 5.69 Å². The molecule has 1 aromatic rings. The molecule has 4 aliphatic heterocycles. The molecule has 0 amide bonds. The Hall–Kier alpha value is -1.66. The minimum Gasteiger partial charge on any atom is -0.368 e. The largest absolute Gasteiger partial charge is 0.368 e. The molecule has 2 unspecified atom stereocenters. The molecule has 6 nitrogen and oxygen atoms in total. The van der Waals surface area contributed by atoms with Crippen molar-refractivity contribution in [1.82, 2.24) is 9.80 Å². The maximum atomic E-state index is 10.7. The quantitative estimate of drug-likeness (QED) is 0.617. The summed E-state index contributed by atoms with van der Waals surface area (Å²) in [5, 5.41) is 10.7. The summed E-state index contributed by atoms with van der Waals surface area (Å²) in [6.07, 6.45) is 1.31. The van der Waals surface area contributed by atoms with Crippen LogP contribution >= 0.6 is 0 Å². The van der Waals surface area contributed by atoms with Crippen LogP contribution in [0.15, 0.2) is 24.3 Å². The number of likely N-dealkylation sites (N-methyl/N-ethyl adjacent to an activating group) is 1. The van der Waals surface area contributed by atoms with Crippen molar-refractivity contribution in [3.8, 4) is 0 Å². The lowest BCUT2D eigenvalue weighted by Crippen LogP contribution is -2.76. The van der Waals surface area contributed by atoms with Crippen molar-refractivity contribution in [2.24, 2.45) is 0 Å². The maximum Gasteiger partial charge on any atom is 0.269 e. The van der Waals surface area contributed by atoms with Crippen molar-refractivity contribution in [2.75, 3.05) is 38.1 Å². The predicted octanol–water partition coefficient (Wildman–Crippen LogP) is 1.17. The average Bonchev–Trinajstić information content (AvgIpc) is 2.46. The number of likely N-dealkylation sites (tertiary alicyclic amines) is 1. The van der Waals surface area contributed by atoms with E-state index in [1.807, 2.05) is 12.1 Å². The Kier molecular flexibility index (Phi) is 2.90. The number of hydrogen-bond donors (Lipinski definition) is 0. The van der Waals surface area contributed by atoms with Crippen molar-refractivity contribution in [1.29, 1.82) is 0 Å². The summed E-state index contributed by atoms with van der Waals surface area (Å²) in [5.41, 5.74) is 1.28. The highest BCUT2D eigenvalue weighted by Crippen LogP contribution is 2.38. The molecule has 4 saturated heterocycles. The van der Waals surface area contributed by atoms with Gasteiger partial charge in [0.2, 0.25) is 0 Å². The van der Waals surface area contributed by atoms with Gasteiger partial charge in [-0.3, -0.25) is 15.0 Å². The van der Waals surface area contributed by atoms with Crippen molar-refractivity contribution in [3.05, 3.63) is 34.4 Å². The van der Waals surface area contributed by atoms with E-state index in [0.717, 1.165) is 24.8 Å². The first kappa shape index (κ1) is 13.0. The minimum absolute atomic E-state index is 0.167. The predicted molar refractivity (Wildman–Crippen MR) is 80.6 cm³/mol. The molecule has 2 atom stereocenters. The van der Waals surface area contributed by atoms with Crippen LogP contribution in [0.25, 0.3) is 0 Å². The van der Waals surface area contributed by atoms with Crippen molar-refractivity contribution < 1.29 is 4.92 Å². The summed E-state index contributed by atoms with van der Waals surface area (Å²) < 4.78 is 0. The summed E-state index contributed by atoms with van der Waals surface area (Å²) in [6.45, 7) is 4.50. The van der Waals surface area contributed by atoms with Crippen molar-refractivity contribution in [3.63, 3.8) is 0 Å². The molecule has 0 spiro atoms. The van der Waals surface area contributed by atoms with Gasteiger partial charge >= 0.3 is 0 Å². The molecule has 2 bridgehead atoms. The Balaban J connectivity index is 1.42. The third-order valence-corrected chi connectivity index (χ3v) is 5.14. The SMILES string of the molecule is CN1CC(N2C3CC2CN(c2ccc([N+](=O)[O-])cc2)C3)C1. The monoisotopic (exact) mass is 288 g/mol. The number of piperazine rings is 1. The molecule has 0 radical (unpaired) electrons. The fraction of sp³-hybridized carbons (Fsp3) is 0.600. The van der Waals surface area contributed by atoms with Crippen LogP contribution < -0.4 is 4.90 Å². The number of fused-ring (bicyclic) bond motifs is 2. The molecule has 4 fully saturated rings. The van der Waals surface area contributed by atoms with Crippen LogP contribution in [0.2, 0.25) is 0 Å². The van der Waals surface area contributed by atoms with Crippen LogP contribution in [-0.2, 0) is 0 Å². The number of rotatable bonds is 3. The summed E-state index contributed by atoms with van der Waals surface area (Å²) in [5.74, 6) is 0. The minimum atomic E-state index is -0.341. The third kappa shape index (κ3) is 2.10. The summed E-state index contributed by atoms with van der Waals surface area (Å²) >= 11 is 0. The lowest BCUT2D eigenvalue weighted by Gasteiger charge is -2.62.